The van der Waals surface area contributed by atoms with Crippen LogP contribution >= 0.6 is 0 Å². The number of likely N-dealkylation sites (tertiary alicyclic amines) is 1. The van der Waals surface area contributed by atoms with Gasteiger partial charge >= 0.3 is 0 Å². The first-order valence-electron chi connectivity index (χ1n) is 12.9. The zero-order valence-electron chi connectivity index (χ0n) is 20.5. The molecule has 3 fully saturated rings. The maximum atomic E-state index is 5.43. The van der Waals surface area contributed by atoms with Crippen LogP contribution in [0.4, 0.5) is 11.4 Å². The Hall–Kier alpha value is -2.24. The molecule has 178 valence electrons. The molecule has 0 saturated carbocycles. The summed E-state index contributed by atoms with van der Waals surface area (Å²) < 4.78 is 5.43. The molecular weight excluding hydrogens is 408 g/mol. The van der Waals surface area contributed by atoms with E-state index < -0.39 is 0 Å². The van der Waals surface area contributed by atoms with E-state index in [9.17, 15) is 0 Å². The Morgan fingerprint density at radius 3 is 2.27 bits per heavy atom. The molecule has 3 aliphatic rings. The van der Waals surface area contributed by atoms with E-state index in [1.165, 1.54) is 68.8 Å². The topological polar surface area (TPSA) is 22.2 Å². The number of benzene rings is 2. The molecule has 2 aromatic rings. The molecule has 3 aliphatic heterocycles. The van der Waals surface area contributed by atoms with E-state index in [1.54, 1.807) is 7.11 Å². The normalized spacial score (nSPS) is 23.6. The molecule has 2 aromatic carbocycles. The molecule has 5 rings (SSSR count). The predicted molar refractivity (Wildman–Crippen MR) is 138 cm³/mol. The van der Waals surface area contributed by atoms with Crippen molar-refractivity contribution >= 4 is 11.4 Å². The standard InChI is InChI=1S/C28H40N4O/c1-23-7-3-4-11-28(23)31-19-17-30(18-20-31)26-9-6-14-32(22-26)24-12-15-29(16-13-24)25-8-5-10-27(21-25)33-2/h3-5,7-8,10-11,21,24,26H,6,9,12-20,22H2,1-2H3/t26-/m1/s1. The Labute approximate surface area is 199 Å². The molecule has 0 unspecified atom stereocenters. The number of methoxy groups -OCH3 is 1. The molecule has 0 aliphatic carbocycles. The van der Waals surface area contributed by atoms with Gasteiger partial charge in [-0.1, -0.05) is 24.3 Å². The highest BCUT2D eigenvalue weighted by molar-refractivity contribution is 5.53. The van der Waals surface area contributed by atoms with E-state index in [2.05, 4.69) is 69.0 Å². The van der Waals surface area contributed by atoms with Gasteiger partial charge in [-0.05, 0) is 62.9 Å². The Morgan fingerprint density at radius 2 is 1.52 bits per heavy atom. The van der Waals surface area contributed by atoms with Gasteiger partial charge in [0.1, 0.15) is 5.75 Å². The Kier molecular flexibility index (Phi) is 7.07. The lowest BCUT2D eigenvalue weighted by Crippen LogP contribution is -2.57. The van der Waals surface area contributed by atoms with Gasteiger partial charge in [0.25, 0.3) is 0 Å². The van der Waals surface area contributed by atoms with E-state index >= 15 is 0 Å². The molecule has 0 radical (unpaired) electrons. The summed E-state index contributed by atoms with van der Waals surface area (Å²) in [5.74, 6) is 0.955. The van der Waals surface area contributed by atoms with Crippen LogP contribution in [0, 0.1) is 6.92 Å². The summed E-state index contributed by atoms with van der Waals surface area (Å²) in [4.78, 5) is 10.7. The first-order chi connectivity index (χ1) is 16.2. The number of piperidine rings is 2. The van der Waals surface area contributed by atoms with Gasteiger partial charge in [0.2, 0.25) is 0 Å². The molecule has 3 saturated heterocycles. The van der Waals surface area contributed by atoms with Gasteiger partial charge < -0.3 is 14.5 Å². The van der Waals surface area contributed by atoms with Crippen LogP contribution < -0.4 is 14.5 Å². The van der Waals surface area contributed by atoms with Gasteiger partial charge in [0.05, 0.1) is 7.11 Å². The maximum absolute atomic E-state index is 5.43. The lowest BCUT2D eigenvalue weighted by atomic mass is 9.96. The number of anilines is 2. The minimum absolute atomic E-state index is 0.731. The quantitative estimate of drug-likeness (QED) is 0.680. The zero-order chi connectivity index (χ0) is 22.6. The van der Waals surface area contributed by atoms with Gasteiger partial charge in [-0.15, -0.1) is 0 Å². The third-order valence-electron chi connectivity index (χ3n) is 8.11. The average molecular weight is 449 g/mol. The van der Waals surface area contributed by atoms with Crippen LogP contribution in [-0.4, -0.2) is 81.4 Å². The third kappa shape index (κ3) is 5.15. The highest BCUT2D eigenvalue weighted by atomic mass is 16.5. The number of ether oxygens (including phenoxy) is 1. The maximum Gasteiger partial charge on any atom is 0.120 e. The van der Waals surface area contributed by atoms with E-state index in [0.717, 1.165) is 44.0 Å². The lowest BCUT2D eigenvalue weighted by Gasteiger charge is -2.47. The second-order valence-corrected chi connectivity index (χ2v) is 10.0. The number of aryl methyl sites for hydroxylation is 1. The summed E-state index contributed by atoms with van der Waals surface area (Å²) in [5, 5.41) is 0. The predicted octanol–water partition coefficient (Wildman–Crippen LogP) is 4.26. The number of nitrogens with zero attached hydrogens (tertiary/aromatic N) is 4. The molecule has 0 spiro atoms. The van der Waals surface area contributed by atoms with Crippen LogP contribution in [0.15, 0.2) is 48.5 Å². The molecule has 0 N–H and O–H groups in total. The summed E-state index contributed by atoms with van der Waals surface area (Å²) in [6, 6.07) is 18.8. The van der Waals surface area contributed by atoms with Crippen LogP contribution in [0.3, 0.4) is 0 Å². The number of rotatable bonds is 5. The van der Waals surface area contributed by atoms with E-state index in [4.69, 9.17) is 4.74 Å². The highest BCUT2D eigenvalue weighted by Crippen LogP contribution is 2.29. The van der Waals surface area contributed by atoms with Crippen LogP contribution in [0.25, 0.3) is 0 Å². The molecule has 0 amide bonds. The molecule has 5 nitrogen and oxygen atoms in total. The Bertz CT molecular complexity index is 902. The van der Waals surface area contributed by atoms with Gasteiger partial charge in [-0.3, -0.25) is 9.80 Å². The van der Waals surface area contributed by atoms with Gasteiger partial charge in [-0.25, -0.2) is 0 Å². The van der Waals surface area contributed by atoms with Gasteiger partial charge in [0, 0.05) is 75.3 Å². The van der Waals surface area contributed by atoms with Crippen molar-refractivity contribution in [2.24, 2.45) is 0 Å². The van der Waals surface area contributed by atoms with E-state index in [-0.39, 0.29) is 0 Å². The number of hydrogen-bond acceptors (Lipinski definition) is 5. The van der Waals surface area contributed by atoms with Crippen molar-refractivity contribution in [3.63, 3.8) is 0 Å². The average Bonchev–Trinajstić information content (AvgIpc) is 2.89. The summed E-state index contributed by atoms with van der Waals surface area (Å²) in [6.07, 6.45) is 5.25. The lowest BCUT2D eigenvalue weighted by molar-refractivity contribution is 0.0595. The SMILES string of the molecule is COc1cccc(N2CCC(N3CCC[C@@H](N4CCN(c5ccccc5C)CC4)C3)CC2)c1. The molecule has 5 heteroatoms. The minimum Gasteiger partial charge on any atom is -0.497 e. The summed E-state index contributed by atoms with van der Waals surface area (Å²) in [5.41, 5.74) is 4.12. The van der Waals surface area contributed by atoms with Crippen molar-refractivity contribution in [3.05, 3.63) is 54.1 Å². The Balaban J connectivity index is 1.12. The largest absolute Gasteiger partial charge is 0.497 e. The number of piperazine rings is 1. The molecule has 33 heavy (non-hydrogen) atoms. The van der Waals surface area contributed by atoms with E-state index in [1.807, 2.05) is 6.07 Å². The first-order valence-corrected chi connectivity index (χ1v) is 12.9. The highest BCUT2D eigenvalue weighted by Gasteiger charge is 2.32. The van der Waals surface area contributed by atoms with Crippen molar-refractivity contribution in [2.45, 2.75) is 44.7 Å². The summed E-state index contributed by atoms with van der Waals surface area (Å²) in [7, 11) is 1.75. The van der Waals surface area contributed by atoms with Crippen LogP contribution in [0.5, 0.6) is 5.75 Å². The van der Waals surface area contributed by atoms with Crippen molar-refractivity contribution in [1.82, 2.24) is 9.80 Å². The fraction of sp³-hybridized carbons (Fsp3) is 0.571. The minimum atomic E-state index is 0.731. The molecule has 1 atom stereocenters. The van der Waals surface area contributed by atoms with Crippen LogP contribution in [-0.2, 0) is 0 Å². The Morgan fingerprint density at radius 1 is 0.727 bits per heavy atom. The molecule has 0 aromatic heterocycles. The monoisotopic (exact) mass is 448 g/mol. The van der Waals surface area contributed by atoms with Crippen molar-refractivity contribution in [2.75, 3.05) is 69.3 Å². The number of hydrogen-bond donors (Lipinski definition) is 0. The second kappa shape index (κ2) is 10.4. The summed E-state index contributed by atoms with van der Waals surface area (Å²) >= 11 is 0. The van der Waals surface area contributed by atoms with E-state index in [0.29, 0.717) is 0 Å². The smallest absolute Gasteiger partial charge is 0.120 e. The van der Waals surface area contributed by atoms with Gasteiger partial charge in [-0.2, -0.15) is 0 Å². The van der Waals surface area contributed by atoms with Gasteiger partial charge in [0.15, 0.2) is 0 Å². The first kappa shape index (κ1) is 22.5. The molecular formula is C28H40N4O. The fourth-order valence-electron chi connectivity index (χ4n) is 6.16. The van der Waals surface area contributed by atoms with Crippen molar-refractivity contribution in [1.29, 1.82) is 0 Å². The summed E-state index contributed by atoms with van der Waals surface area (Å²) in [6.45, 7) is 11.8. The van der Waals surface area contributed by atoms with Crippen molar-refractivity contribution < 1.29 is 4.74 Å². The van der Waals surface area contributed by atoms with Crippen LogP contribution in [0.2, 0.25) is 0 Å². The molecule has 0 bridgehead atoms. The zero-order valence-corrected chi connectivity index (χ0v) is 20.5. The second-order valence-electron chi connectivity index (χ2n) is 10.0. The van der Waals surface area contributed by atoms with Crippen LogP contribution in [0.1, 0.15) is 31.2 Å². The fourth-order valence-corrected chi connectivity index (χ4v) is 6.16. The third-order valence-corrected chi connectivity index (χ3v) is 8.11. The number of para-hydroxylation sites is 1. The molecule has 3 heterocycles. The van der Waals surface area contributed by atoms with Crippen molar-refractivity contribution in [3.8, 4) is 5.75 Å².